The molecule has 0 aliphatic carbocycles. The van der Waals surface area contributed by atoms with Crippen molar-refractivity contribution in [3.63, 3.8) is 0 Å². The van der Waals surface area contributed by atoms with E-state index in [1.54, 1.807) is 11.3 Å². The van der Waals surface area contributed by atoms with Crippen LogP contribution in [-0.4, -0.2) is 47.8 Å². The molecule has 0 spiro atoms. The number of carbonyl (C=O) groups excluding carboxylic acids is 2. The van der Waals surface area contributed by atoms with E-state index in [4.69, 9.17) is 0 Å². The van der Waals surface area contributed by atoms with Crippen molar-refractivity contribution in [3.8, 4) is 0 Å². The van der Waals surface area contributed by atoms with Gasteiger partial charge < -0.3 is 9.80 Å². The molecule has 0 aromatic carbocycles. The van der Waals surface area contributed by atoms with E-state index >= 15 is 0 Å². The van der Waals surface area contributed by atoms with Crippen LogP contribution in [0.3, 0.4) is 0 Å². The third-order valence-electron chi connectivity index (χ3n) is 4.77. The van der Waals surface area contributed by atoms with Gasteiger partial charge in [-0.2, -0.15) is 0 Å². The van der Waals surface area contributed by atoms with E-state index in [0.717, 1.165) is 56.7 Å². The van der Waals surface area contributed by atoms with Crippen LogP contribution < -0.4 is 0 Å². The van der Waals surface area contributed by atoms with Crippen molar-refractivity contribution in [3.05, 3.63) is 22.4 Å². The molecule has 0 unspecified atom stereocenters. The Bertz CT molecular complexity index is 501. The zero-order valence-electron chi connectivity index (χ0n) is 13.0. The predicted octanol–water partition coefficient (Wildman–Crippen LogP) is 2.54. The van der Waals surface area contributed by atoms with Crippen LogP contribution in [0.5, 0.6) is 0 Å². The van der Waals surface area contributed by atoms with Crippen LogP contribution >= 0.6 is 11.3 Å². The molecule has 4 nitrogen and oxygen atoms in total. The molecule has 120 valence electrons. The van der Waals surface area contributed by atoms with Crippen molar-refractivity contribution in [2.75, 3.05) is 26.2 Å². The number of thiophene rings is 1. The second-order valence-electron chi connectivity index (χ2n) is 6.30. The van der Waals surface area contributed by atoms with E-state index in [-0.39, 0.29) is 11.8 Å². The van der Waals surface area contributed by atoms with Gasteiger partial charge in [0, 0.05) is 37.0 Å². The Hall–Kier alpha value is -1.36. The molecule has 1 aromatic rings. The van der Waals surface area contributed by atoms with Crippen molar-refractivity contribution in [2.24, 2.45) is 5.92 Å². The molecule has 2 amide bonds. The average Bonchev–Trinajstić information content (AvgIpc) is 3.08. The zero-order valence-corrected chi connectivity index (χ0v) is 13.8. The van der Waals surface area contributed by atoms with Gasteiger partial charge in [-0.1, -0.05) is 6.07 Å². The molecule has 3 heterocycles. The molecule has 2 aliphatic heterocycles. The van der Waals surface area contributed by atoms with Crippen molar-refractivity contribution >= 4 is 23.2 Å². The minimum atomic E-state index is 0.129. The first kappa shape index (κ1) is 15.5. The highest BCUT2D eigenvalue weighted by molar-refractivity contribution is 7.10. The van der Waals surface area contributed by atoms with Crippen LogP contribution in [0.15, 0.2) is 17.5 Å². The molecule has 2 fully saturated rings. The summed E-state index contributed by atoms with van der Waals surface area (Å²) in [5, 5.41) is 2.01. The Morgan fingerprint density at radius 2 is 1.77 bits per heavy atom. The van der Waals surface area contributed by atoms with Crippen LogP contribution in [0.2, 0.25) is 0 Å². The highest BCUT2D eigenvalue weighted by Crippen LogP contribution is 2.22. The molecule has 0 atom stereocenters. The minimum Gasteiger partial charge on any atom is -0.342 e. The zero-order chi connectivity index (χ0) is 15.4. The smallest absolute Gasteiger partial charge is 0.227 e. The maximum absolute atomic E-state index is 12.5. The summed E-state index contributed by atoms with van der Waals surface area (Å²) in [4.78, 5) is 29.9. The first-order chi connectivity index (χ1) is 10.7. The van der Waals surface area contributed by atoms with E-state index < -0.39 is 0 Å². The predicted molar refractivity (Wildman–Crippen MR) is 87.8 cm³/mol. The van der Waals surface area contributed by atoms with Crippen LogP contribution in [0.1, 0.15) is 37.0 Å². The third-order valence-corrected chi connectivity index (χ3v) is 5.65. The number of hydrogen-bond donors (Lipinski definition) is 0. The monoisotopic (exact) mass is 320 g/mol. The lowest BCUT2D eigenvalue weighted by Crippen LogP contribution is -2.46. The van der Waals surface area contributed by atoms with Gasteiger partial charge >= 0.3 is 0 Å². The second-order valence-corrected chi connectivity index (χ2v) is 7.33. The summed E-state index contributed by atoms with van der Waals surface area (Å²) in [5.41, 5.74) is 0. The fourth-order valence-electron chi connectivity index (χ4n) is 3.42. The van der Waals surface area contributed by atoms with Crippen LogP contribution in [0.25, 0.3) is 0 Å². The molecule has 22 heavy (non-hydrogen) atoms. The number of hydrogen-bond acceptors (Lipinski definition) is 3. The maximum atomic E-state index is 12.5. The molecule has 1 aromatic heterocycles. The molecule has 3 rings (SSSR count). The standard InChI is InChI=1S/C17H24N2O2S/c20-16(13-15-5-4-12-22-15)18-10-6-14(7-11-18)17(21)19-8-2-1-3-9-19/h4-5,12,14H,1-3,6-11,13H2. The summed E-state index contributed by atoms with van der Waals surface area (Å²) in [6.07, 6.45) is 5.69. The number of nitrogens with zero attached hydrogens (tertiary/aromatic N) is 2. The minimum absolute atomic E-state index is 0.129. The highest BCUT2D eigenvalue weighted by atomic mass is 32.1. The summed E-state index contributed by atoms with van der Waals surface area (Å²) in [7, 11) is 0. The van der Waals surface area contributed by atoms with E-state index in [2.05, 4.69) is 0 Å². The van der Waals surface area contributed by atoms with Gasteiger partial charge in [-0.05, 0) is 43.6 Å². The highest BCUT2D eigenvalue weighted by Gasteiger charge is 2.30. The number of amides is 2. The summed E-state index contributed by atoms with van der Waals surface area (Å²) >= 11 is 1.63. The van der Waals surface area contributed by atoms with Gasteiger partial charge in [-0.3, -0.25) is 9.59 Å². The van der Waals surface area contributed by atoms with E-state index in [9.17, 15) is 9.59 Å². The van der Waals surface area contributed by atoms with Crippen LogP contribution in [0.4, 0.5) is 0 Å². The van der Waals surface area contributed by atoms with Gasteiger partial charge in [0.15, 0.2) is 0 Å². The van der Waals surface area contributed by atoms with E-state index in [0.29, 0.717) is 12.3 Å². The molecular formula is C17H24N2O2S. The Kier molecular flexibility index (Phi) is 5.13. The fraction of sp³-hybridized carbons (Fsp3) is 0.647. The Morgan fingerprint density at radius 1 is 1.05 bits per heavy atom. The van der Waals surface area contributed by atoms with Gasteiger partial charge in [-0.25, -0.2) is 0 Å². The lowest BCUT2D eigenvalue weighted by molar-refractivity contribution is -0.141. The average molecular weight is 320 g/mol. The lowest BCUT2D eigenvalue weighted by atomic mass is 9.94. The molecule has 0 radical (unpaired) electrons. The number of carbonyl (C=O) groups is 2. The topological polar surface area (TPSA) is 40.6 Å². The number of likely N-dealkylation sites (tertiary alicyclic amines) is 2. The molecule has 5 heteroatoms. The summed E-state index contributed by atoms with van der Waals surface area (Å²) in [6, 6.07) is 3.99. The third kappa shape index (κ3) is 3.69. The molecule has 2 aliphatic rings. The molecule has 0 saturated carbocycles. The Balaban J connectivity index is 1.47. The largest absolute Gasteiger partial charge is 0.342 e. The summed E-state index contributed by atoms with van der Waals surface area (Å²) in [6.45, 7) is 3.32. The lowest BCUT2D eigenvalue weighted by Gasteiger charge is -2.35. The van der Waals surface area contributed by atoms with Gasteiger partial charge in [0.2, 0.25) is 11.8 Å². The quantitative estimate of drug-likeness (QED) is 0.859. The van der Waals surface area contributed by atoms with Gasteiger partial charge in [0.05, 0.1) is 6.42 Å². The molecule has 0 bridgehead atoms. The van der Waals surface area contributed by atoms with Gasteiger partial charge in [0.25, 0.3) is 0 Å². The Morgan fingerprint density at radius 3 is 2.41 bits per heavy atom. The fourth-order valence-corrected chi connectivity index (χ4v) is 4.12. The Labute approximate surface area is 136 Å². The summed E-state index contributed by atoms with van der Waals surface area (Å²) in [5.74, 6) is 0.653. The van der Waals surface area contributed by atoms with E-state index in [1.807, 2.05) is 27.3 Å². The molecule has 2 saturated heterocycles. The first-order valence-corrected chi connectivity index (χ1v) is 9.21. The van der Waals surface area contributed by atoms with Crippen LogP contribution in [0, 0.1) is 5.92 Å². The van der Waals surface area contributed by atoms with Gasteiger partial charge in [0.1, 0.15) is 0 Å². The number of piperidine rings is 2. The summed E-state index contributed by atoms with van der Waals surface area (Å²) < 4.78 is 0. The molecule has 0 N–H and O–H groups in total. The van der Waals surface area contributed by atoms with Crippen molar-refractivity contribution in [1.29, 1.82) is 0 Å². The normalized spacial score (nSPS) is 20.2. The first-order valence-electron chi connectivity index (χ1n) is 8.33. The van der Waals surface area contributed by atoms with Crippen molar-refractivity contribution in [1.82, 2.24) is 9.80 Å². The van der Waals surface area contributed by atoms with E-state index in [1.165, 1.54) is 6.42 Å². The molecular weight excluding hydrogens is 296 g/mol. The van der Waals surface area contributed by atoms with Crippen molar-refractivity contribution < 1.29 is 9.59 Å². The van der Waals surface area contributed by atoms with Crippen LogP contribution in [-0.2, 0) is 16.0 Å². The van der Waals surface area contributed by atoms with Crippen molar-refractivity contribution in [2.45, 2.75) is 38.5 Å². The second kappa shape index (κ2) is 7.27. The number of rotatable bonds is 3. The maximum Gasteiger partial charge on any atom is 0.227 e. The van der Waals surface area contributed by atoms with Gasteiger partial charge in [-0.15, -0.1) is 11.3 Å². The SMILES string of the molecule is O=C(Cc1cccs1)N1CCC(C(=O)N2CCCCC2)CC1.